The van der Waals surface area contributed by atoms with Crippen LogP contribution >= 0.6 is 0 Å². The summed E-state index contributed by atoms with van der Waals surface area (Å²) in [4.78, 5) is 15.0. The fraction of sp³-hybridized carbons (Fsp3) is 0.471. The van der Waals surface area contributed by atoms with Gasteiger partial charge in [0.25, 0.3) is 0 Å². The first-order valence-corrected chi connectivity index (χ1v) is 7.40. The van der Waals surface area contributed by atoms with Crippen LogP contribution in [0, 0.1) is 11.8 Å². The topological polar surface area (TPSA) is 20.3 Å². The molecule has 4 bridgehead atoms. The van der Waals surface area contributed by atoms with Gasteiger partial charge in [0.15, 0.2) is 5.78 Å². The molecule has 5 fully saturated rings. The number of allylic oxidation sites excluding steroid dienone is 1. The van der Waals surface area contributed by atoms with Gasteiger partial charge in [-0.2, -0.15) is 0 Å². The lowest BCUT2D eigenvalue weighted by molar-refractivity contribution is -0.130. The van der Waals surface area contributed by atoms with Crippen LogP contribution in [-0.4, -0.2) is 23.3 Å². The molecule has 2 nitrogen and oxygen atoms in total. The smallest absolute Gasteiger partial charge is 0.182 e. The highest BCUT2D eigenvalue weighted by Crippen LogP contribution is 2.46. The lowest BCUT2D eigenvalue weighted by atomic mass is 9.74. The molecule has 98 valence electrons. The lowest BCUT2D eigenvalue weighted by Gasteiger charge is -2.49. The Balaban J connectivity index is 1.74. The van der Waals surface area contributed by atoms with Crippen molar-refractivity contribution in [2.24, 2.45) is 11.8 Å². The Hall–Kier alpha value is -1.57. The summed E-state index contributed by atoms with van der Waals surface area (Å²) in [5.41, 5.74) is 2.12. The molecular weight excluding hydrogens is 234 g/mol. The van der Waals surface area contributed by atoms with Gasteiger partial charge in [-0.15, -0.1) is 0 Å². The van der Waals surface area contributed by atoms with Gasteiger partial charge in [0.1, 0.15) is 0 Å². The molecule has 1 aromatic rings. The summed E-state index contributed by atoms with van der Waals surface area (Å²) in [7, 11) is 0. The Bertz CT molecular complexity index is 533. The van der Waals surface area contributed by atoms with E-state index in [2.05, 4.69) is 23.1 Å². The monoisotopic (exact) mass is 253 g/mol. The maximum atomic E-state index is 12.6. The van der Waals surface area contributed by atoms with Crippen LogP contribution in [0.15, 0.2) is 36.0 Å². The molecule has 2 heteroatoms. The summed E-state index contributed by atoms with van der Waals surface area (Å²) in [5.74, 6) is 1.34. The van der Waals surface area contributed by atoms with Crippen molar-refractivity contribution >= 4 is 11.9 Å². The first kappa shape index (κ1) is 11.3. The van der Waals surface area contributed by atoms with Gasteiger partial charge < -0.3 is 4.90 Å². The number of rotatable bonds is 1. The van der Waals surface area contributed by atoms with E-state index in [0.29, 0.717) is 23.7 Å². The SMILES string of the molecule is O=C1/C(=C/c2ccccc2)N2C[C@@H]3CCC[C@@H]2C[C@@H]13. The number of Topliss-reactive ketones (excluding diaryl/α,β-unsaturated/α-hetero) is 1. The highest BCUT2D eigenvalue weighted by molar-refractivity contribution is 6.02. The van der Waals surface area contributed by atoms with Gasteiger partial charge in [-0.1, -0.05) is 36.8 Å². The summed E-state index contributed by atoms with van der Waals surface area (Å²) in [6.45, 7) is 1.11. The molecule has 1 aliphatic carbocycles. The molecule has 1 aromatic carbocycles. The van der Waals surface area contributed by atoms with E-state index >= 15 is 0 Å². The van der Waals surface area contributed by atoms with Crippen LogP contribution in [0.5, 0.6) is 0 Å². The van der Waals surface area contributed by atoms with E-state index in [1.165, 1.54) is 19.3 Å². The zero-order valence-electron chi connectivity index (χ0n) is 11.1. The molecule has 19 heavy (non-hydrogen) atoms. The number of carbonyl (C=O) groups is 1. The summed E-state index contributed by atoms with van der Waals surface area (Å²) >= 11 is 0. The van der Waals surface area contributed by atoms with E-state index in [4.69, 9.17) is 0 Å². The molecule has 5 aliphatic rings. The average molecular weight is 253 g/mol. The number of benzene rings is 1. The third-order valence-electron chi connectivity index (χ3n) is 5.08. The first-order valence-electron chi connectivity index (χ1n) is 7.40. The maximum Gasteiger partial charge on any atom is 0.182 e. The second-order valence-electron chi connectivity index (χ2n) is 6.14. The quantitative estimate of drug-likeness (QED) is 0.717. The van der Waals surface area contributed by atoms with Crippen LogP contribution in [0.4, 0.5) is 0 Å². The Morgan fingerprint density at radius 2 is 2.00 bits per heavy atom. The van der Waals surface area contributed by atoms with Gasteiger partial charge in [0, 0.05) is 18.5 Å². The Morgan fingerprint density at radius 1 is 1.16 bits per heavy atom. The normalized spacial score (nSPS) is 34.9. The molecule has 0 spiro atoms. The Labute approximate surface area is 114 Å². The lowest BCUT2D eigenvalue weighted by Crippen LogP contribution is -2.54. The van der Waals surface area contributed by atoms with Crippen LogP contribution in [0.2, 0.25) is 0 Å². The number of hydrogen-bond acceptors (Lipinski definition) is 2. The average Bonchev–Trinajstić information content (AvgIpc) is 2.76. The number of piperidine rings is 3. The zero-order valence-corrected chi connectivity index (χ0v) is 11.1. The van der Waals surface area contributed by atoms with E-state index in [1.807, 2.05) is 18.2 Å². The van der Waals surface area contributed by atoms with Crippen molar-refractivity contribution in [2.75, 3.05) is 6.54 Å². The third-order valence-corrected chi connectivity index (χ3v) is 5.08. The van der Waals surface area contributed by atoms with Crippen LogP contribution in [0.25, 0.3) is 6.08 Å². The maximum absolute atomic E-state index is 12.6. The predicted octanol–water partition coefficient (Wildman–Crippen LogP) is 3.10. The van der Waals surface area contributed by atoms with Gasteiger partial charge in [-0.25, -0.2) is 0 Å². The van der Waals surface area contributed by atoms with E-state index in [9.17, 15) is 4.79 Å². The molecule has 0 aromatic heterocycles. The van der Waals surface area contributed by atoms with Crippen molar-refractivity contribution in [3.63, 3.8) is 0 Å². The molecule has 0 radical (unpaired) electrons. The second kappa shape index (κ2) is 4.22. The Kier molecular flexibility index (Phi) is 2.51. The van der Waals surface area contributed by atoms with Crippen molar-refractivity contribution in [1.29, 1.82) is 0 Å². The van der Waals surface area contributed by atoms with Gasteiger partial charge in [-0.3, -0.25) is 4.79 Å². The van der Waals surface area contributed by atoms with Crippen LogP contribution in [0.3, 0.4) is 0 Å². The predicted molar refractivity (Wildman–Crippen MR) is 75.4 cm³/mol. The molecule has 6 rings (SSSR count). The van der Waals surface area contributed by atoms with E-state index < -0.39 is 0 Å². The third kappa shape index (κ3) is 1.73. The van der Waals surface area contributed by atoms with Crippen molar-refractivity contribution in [2.45, 2.75) is 31.7 Å². The minimum absolute atomic E-state index is 0.312. The number of hydrogen-bond donors (Lipinski definition) is 0. The second-order valence-corrected chi connectivity index (χ2v) is 6.14. The first-order chi connectivity index (χ1) is 9.33. The largest absolute Gasteiger partial charge is 0.365 e. The minimum atomic E-state index is 0.312. The van der Waals surface area contributed by atoms with E-state index in [-0.39, 0.29) is 0 Å². The standard InChI is InChI=1S/C17H19NO/c19-17-15-10-14-8-4-7-13(15)11-18(14)16(17)9-12-5-2-1-3-6-12/h1-3,5-6,9,13-15H,4,7-8,10-11H2/b16-9-/t13-,14+,15+/m0/s1. The van der Waals surface area contributed by atoms with Crippen molar-refractivity contribution in [1.82, 2.24) is 4.90 Å². The summed E-state index contributed by atoms with van der Waals surface area (Å²) in [5, 5.41) is 0. The Morgan fingerprint density at radius 3 is 2.84 bits per heavy atom. The molecular formula is C17H19NO. The van der Waals surface area contributed by atoms with E-state index in [1.54, 1.807) is 0 Å². The summed E-state index contributed by atoms with van der Waals surface area (Å²) < 4.78 is 0. The summed E-state index contributed by atoms with van der Waals surface area (Å²) in [6, 6.07) is 10.9. The van der Waals surface area contributed by atoms with Crippen LogP contribution in [-0.2, 0) is 4.79 Å². The van der Waals surface area contributed by atoms with Crippen molar-refractivity contribution in [3.05, 3.63) is 41.6 Å². The highest BCUT2D eigenvalue weighted by atomic mass is 16.1. The molecule has 4 heterocycles. The molecule has 0 amide bonds. The molecule has 0 N–H and O–H groups in total. The van der Waals surface area contributed by atoms with Crippen molar-refractivity contribution in [3.8, 4) is 0 Å². The molecule has 3 atom stereocenters. The number of carbonyl (C=O) groups excluding carboxylic acids is 1. The van der Waals surface area contributed by atoms with Gasteiger partial charge in [0.2, 0.25) is 0 Å². The van der Waals surface area contributed by atoms with Crippen LogP contribution < -0.4 is 0 Å². The number of fused-ring (bicyclic) bond motifs is 3. The van der Waals surface area contributed by atoms with Gasteiger partial charge in [-0.05, 0) is 36.8 Å². The van der Waals surface area contributed by atoms with E-state index in [0.717, 1.165) is 24.2 Å². The van der Waals surface area contributed by atoms with Crippen LogP contribution in [0.1, 0.15) is 31.2 Å². The van der Waals surface area contributed by atoms with Gasteiger partial charge >= 0.3 is 0 Å². The number of nitrogens with zero attached hydrogens (tertiary/aromatic N) is 1. The molecule has 0 unspecified atom stereocenters. The number of ketones is 1. The van der Waals surface area contributed by atoms with Gasteiger partial charge in [0.05, 0.1) is 5.70 Å². The summed E-state index contributed by atoms with van der Waals surface area (Å²) in [6.07, 6.45) is 7.03. The highest BCUT2D eigenvalue weighted by Gasteiger charge is 2.48. The minimum Gasteiger partial charge on any atom is -0.365 e. The van der Waals surface area contributed by atoms with Crippen molar-refractivity contribution < 1.29 is 4.79 Å². The fourth-order valence-corrected chi connectivity index (χ4v) is 4.13. The molecule has 1 saturated carbocycles. The fourth-order valence-electron chi connectivity index (χ4n) is 4.13. The molecule has 4 aliphatic heterocycles. The molecule has 4 saturated heterocycles. The zero-order chi connectivity index (χ0) is 12.8.